The van der Waals surface area contributed by atoms with Crippen LogP contribution in [0.2, 0.25) is 0 Å². The molecule has 0 heteroatoms. The van der Waals surface area contributed by atoms with Gasteiger partial charge in [0.1, 0.15) is 0 Å². The zero-order chi connectivity index (χ0) is 25.7. The average Bonchev–Trinajstić information content (AvgIpc) is 2.72. The number of rotatable bonds is 0. The normalized spacial score (nSPS) is 60.4. The predicted octanol–water partition coefficient (Wildman–Crippen LogP) is 5.67. The van der Waals surface area contributed by atoms with Crippen LogP contribution in [0.4, 0.5) is 0 Å². The first kappa shape index (κ1) is 4.22. The maximum atomic E-state index is 9.42. The van der Waals surface area contributed by atoms with Crippen molar-refractivity contribution >= 4 is 16.3 Å². The largest absolute Gasteiger partial charge is 0.0613 e. The molecule has 3 aliphatic rings. The third-order valence-electron chi connectivity index (χ3n) is 3.94. The number of benzene rings is 2. The minimum atomic E-state index is -3.69. The van der Waals surface area contributed by atoms with E-state index in [1.165, 1.54) is 24.3 Å². The fourth-order valence-electron chi connectivity index (χ4n) is 3.13. The van der Waals surface area contributed by atoms with Gasteiger partial charge in [0.2, 0.25) is 0 Å². The molecule has 2 aromatic carbocycles. The van der Waals surface area contributed by atoms with E-state index in [-0.39, 0.29) is 16.5 Å². The van der Waals surface area contributed by atoms with E-state index in [1.54, 1.807) is 12.1 Å². The van der Waals surface area contributed by atoms with Gasteiger partial charge in [0.05, 0.1) is 0 Å². The van der Waals surface area contributed by atoms with Gasteiger partial charge in [0, 0.05) is 25.1 Å². The molecule has 1 fully saturated rings. The van der Waals surface area contributed by atoms with Gasteiger partial charge in [-0.3, -0.25) is 0 Å². The molecule has 20 heavy (non-hydrogen) atoms. The number of allylic oxidation sites excluding steroid dienone is 2. The van der Waals surface area contributed by atoms with E-state index < -0.39 is 61.2 Å². The third kappa shape index (κ3) is 1.32. The Hall–Kier alpha value is -1.56. The van der Waals surface area contributed by atoms with Gasteiger partial charge in [-0.05, 0) is 65.2 Å². The molecule has 2 unspecified atom stereocenters. The van der Waals surface area contributed by atoms with Gasteiger partial charge in [-0.2, -0.15) is 0 Å². The first-order valence-electron chi connectivity index (χ1n) is 13.5. The zero-order valence-corrected chi connectivity index (χ0v) is 10.5. The fourth-order valence-corrected chi connectivity index (χ4v) is 3.13. The zero-order valence-electron chi connectivity index (χ0n) is 24.5. The van der Waals surface area contributed by atoms with Crippen LogP contribution in [0.3, 0.4) is 0 Å². The van der Waals surface area contributed by atoms with Crippen molar-refractivity contribution in [2.45, 2.75) is 44.1 Å². The quantitative estimate of drug-likeness (QED) is 0.580. The van der Waals surface area contributed by atoms with Gasteiger partial charge >= 0.3 is 0 Å². The summed E-state index contributed by atoms with van der Waals surface area (Å²) in [5.41, 5.74) is -1.71. The first-order chi connectivity index (χ1) is 15.2. The van der Waals surface area contributed by atoms with Crippen LogP contribution in [0.1, 0.15) is 74.4 Å². The van der Waals surface area contributed by atoms with E-state index in [2.05, 4.69) is 0 Å². The van der Waals surface area contributed by atoms with Gasteiger partial charge in [0.25, 0.3) is 0 Å². The molecular formula is C20H20. The highest BCUT2D eigenvalue weighted by atomic mass is 14.4. The second-order valence-electron chi connectivity index (χ2n) is 4.96. The van der Waals surface area contributed by atoms with Crippen molar-refractivity contribution in [1.82, 2.24) is 0 Å². The Morgan fingerprint density at radius 3 is 2.80 bits per heavy atom. The van der Waals surface area contributed by atoms with Crippen LogP contribution < -0.4 is 0 Å². The smallest absolute Gasteiger partial charge is 0.0399 e. The minimum Gasteiger partial charge on any atom is -0.0613 e. The van der Waals surface area contributed by atoms with Crippen molar-refractivity contribution in [2.24, 2.45) is 5.89 Å². The predicted molar refractivity (Wildman–Crippen MR) is 84.8 cm³/mol. The topological polar surface area (TPSA) is 0 Å². The lowest BCUT2D eigenvalue weighted by atomic mass is 9.63. The van der Waals surface area contributed by atoms with E-state index in [1.807, 2.05) is 0 Å². The monoisotopic (exact) mass is 274 g/mol. The van der Waals surface area contributed by atoms with Crippen molar-refractivity contribution in [1.29, 1.82) is 0 Å². The lowest BCUT2D eigenvalue weighted by Crippen LogP contribution is -2.25. The van der Waals surface area contributed by atoms with Crippen LogP contribution in [0.15, 0.2) is 42.0 Å². The molecule has 100 valence electrons. The molecule has 0 spiro atoms. The van der Waals surface area contributed by atoms with E-state index in [4.69, 9.17) is 17.8 Å². The second kappa shape index (κ2) is 3.97. The molecule has 0 N–H and O–H groups in total. The maximum absolute atomic E-state index is 9.42. The lowest BCUT2D eigenvalue weighted by Gasteiger charge is -2.42. The molecule has 0 nitrogen and oxygen atoms in total. The molecule has 3 aliphatic carbocycles. The van der Waals surface area contributed by atoms with E-state index in [0.717, 1.165) is 0 Å². The van der Waals surface area contributed by atoms with Gasteiger partial charge in [-0.15, -0.1) is 0 Å². The Morgan fingerprint density at radius 1 is 1.00 bits per heavy atom. The summed E-state index contributed by atoms with van der Waals surface area (Å²) in [7, 11) is 0. The second-order valence-corrected chi connectivity index (χ2v) is 4.96. The average molecular weight is 274 g/mol. The van der Waals surface area contributed by atoms with Gasteiger partial charge in [0.15, 0.2) is 0 Å². The summed E-state index contributed by atoms with van der Waals surface area (Å²) >= 11 is 0. The Bertz CT molecular complexity index is 1300. The van der Waals surface area contributed by atoms with Crippen LogP contribution in [-0.4, -0.2) is 0 Å². The minimum absolute atomic E-state index is 0.0148. The highest BCUT2D eigenvalue weighted by Gasteiger charge is 2.37. The maximum Gasteiger partial charge on any atom is 0.0399 e. The van der Waals surface area contributed by atoms with Crippen LogP contribution in [0, 0.1) is 5.89 Å². The molecule has 5 rings (SSSR count). The van der Waals surface area contributed by atoms with Gasteiger partial charge in [-0.25, -0.2) is 0 Å². The number of hydrogen-bond donors (Lipinski definition) is 0. The Balaban J connectivity index is 2.17. The standard InChI is InChI=1S/C20H20/c1-5-13-6-2-11-17-18-12-4-8-14-7-3-10-16(20(14)18)15(9-1)19(13)17/h1-2,5-6,9,11,14,16H,3-4,7-8,10,12H2/i3D2,4D2,7D2,8D2,10D2,12D2,14D,16D. The summed E-state index contributed by atoms with van der Waals surface area (Å²) in [5, 5.41) is 0.615. The molecule has 0 bridgehead atoms. The van der Waals surface area contributed by atoms with E-state index >= 15 is 0 Å². The SMILES string of the molecule is [2H]C1([2H])C2=C3C([2H])(c4cccc5cccc2c45)C([2H])([2H])C([2H])([2H])C([2H])([2H])C3([2H])C([2H])([2H])C1([2H])[2H]. The van der Waals surface area contributed by atoms with Crippen LogP contribution >= 0.6 is 0 Å². The number of fused-ring (bicyclic) bond motifs is 2. The molecule has 2 atom stereocenters. The first-order valence-corrected chi connectivity index (χ1v) is 6.49. The van der Waals surface area contributed by atoms with Gasteiger partial charge < -0.3 is 0 Å². The summed E-state index contributed by atoms with van der Waals surface area (Å²) in [4.78, 5) is 0. The summed E-state index contributed by atoms with van der Waals surface area (Å²) in [6, 6.07) is 8.96. The molecule has 0 heterocycles. The van der Waals surface area contributed by atoms with E-state index in [9.17, 15) is 1.37 Å². The molecule has 1 saturated carbocycles. The molecule has 0 aliphatic heterocycles. The summed E-state index contributed by atoms with van der Waals surface area (Å²) < 4.78 is 122. The molecule has 0 saturated heterocycles. The third-order valence-corrected chi connectivity index (χ3v) is 3.94. The van der Waals surface area contributed by atoms with Crippen LogP contribution in [0.5, 0.6) is 0 Å². The molecule has 0 aromatic heterocycles. The van der Waals surface area contributed by atoms with E-state index in [0.29, 0.717) is 5.39 Å². The summed E-state index contributed by atoms with van der Waals surface area (Å²) in [6.45, 7) is 0. The Kier molecular flexibility index (Phi) is 0.839. The Morgan fingerprint density at radius 2 is 1.85 bits per heavy atom. The van der Waals surface area contributed by atoms with Crippen molar-refractivity contribution in [3.63, 3.8) is 0 Å². The van der Waals surface area contributed by atoms with Crippen LogP contribution in [-0.2, 0) is 0 Å². The van der Waals surface area contributed by atoms with Gasteiger partial charge in [-0.1, -0.05) is 48.3 Å². The van der Waals surface area contributed by atoms with Crippen molar-refractivity contribution in [2.75, 3.05) is 0 Å². The fraction of sp³-hybridized carbons (Fsp3) is 0.400. The van der Waals surface area contributed by atoms with Crippen molar-refractivity contribution in [3.05, 3.63) is 53.1 Å². The summed E-state index contributed by atoms with van der Waals surface area (Å²) in [6.07, 6.45) is -21.2. The van der Waals surface area contributed by atoms with Crippen LogP contribution in [0.25, 0.3) is 16.3 Å². The lowest BCUT2D eigenvalue weighted by molar-refractivity contribution is 0.380. The van der Waals surface area contributed by atoms with Crippen molar-refractivity contribution < 1.29 is 19.2 Å². The molecule has 2 aromatic rings. The highest BCUT2D eigenvalue weighted by molar-refractivity contribution is 6.00. The Labute approximate surface area is 140 Å². The molecule has 0 amide bonds. The highest BCUT2D eigenvalue weighted by Crippen LogP contribution is 2.55. The molecular weight excluding hydrogens is 240 g/mol. The summed E-state index contributed by atoms with van der Waals surface area (Å²) in [5.74, 6) is -6.42. The van der Waals surface area contributed by atoms with Crippen molar-refractivity contribution in [3.8, 4) is 0 Å². The molecule has 0 radical (unpaired) electrons. The number of hydrogen-bond acceptors (Lipinski definition) is 0.